The summed E-state index contributed by atoms with van der Waals surface area (Å²) in [6.07, 6.45) is 5.61. The van der Waals surface area contributed by atoms with Gasteiger partial charge in [0.2, 0.25) is 0 Å². The van der Waals surface area contributed by atoms with Crippen molar-refractivity contribution in [3.8, 4) is 11.5 Å². The zero-order valence-corrected chi connectivity index (χ0v) is 13.6. The first-order valence-corrected chi connectivity index (χ1v) is 9.16. The number of hydrogen-bond acceptors (Lipinski definition) is 4. The van der Waals surface area contributed by atoms with Crippen LogP contribution in [0.25, 0.3) is 0 Å². The van der Waals surface area contributed by atoms with Gasteiger partial charge in [0, 0.05) is 17.0 Å². The molecule has 0 bridgehead atoms. The minimum Gasteiger partial charge on any atom is -0.486 e. The third kappa shape index (κ3) is 3.86. The maximum atomic E-state index is 5.71. The standard InChI is InChI=1S/C17H25NO2S/c1-2-18-15(12-21-14-5-3-4-6-14)13-7-8-16-17(11-13)20-10-9-19-16/h7-8,11,14-15,18H,2-6,9-10,12H2,1H3. The van der Waals surface area contributed by atoms with Gasteiger partial charge >= 0.3 is 0 Å². The number of fused-ring (bicyclic) bond motifs is 1. The first-order valence-electron chi connectivity index (χ1n) is 8.11. The minimum atomic E-state index is 0.399. The summed E-state index contributed by atoms with van der Waals surface area (Å²) in [5, 5.41) is 4.48. The quantitative estimate of drug-likeness (QED) is 0.866. The number of rotatable bonds is 6. The van der Waals surface area contributed by atoms with Gasteiger partial charge in [-0.3, -0.25) is 0 Å². The van der Waals surface area contributed by atoms with Gasteiger partial charge in [-0.25, -0.2) is 0 Å². The molecule has 3 nitrogen and oxygen atoms in total. The molecule has 1 aromatic rings. The maximum Gasteiger partial charge on any atom is 0.161 e. The van der Waals surface area contributed by atoms with Crippen molar-refractivity contribution in [3.05, 3.63) is 23.8 Å². The molecular weight excluding hydrogens is 282 g/mol. The molecule has 1 saturated carbocycles. The lowest BCUT2D eigenvalue weighted by Gasteiger charge is -2.23. The molecule has 3 rings (SSSR count). The normalized spacial score (nSPS) is 19.7. The zero-order valence-electron chi connectivity index (χ0n) is 12.8. The topological polar surface area (TPSA) is 30.5 Å². The summed E-state index contributed by atoms with van der Waals surface area (Å²) >= 11 is 2.13. The van der Waals surface area contributed by atoms with E-state index in [4.69, 9.17) is 9.47 Å². The smallest absolute Gasteiger partial charge is 0.161 e. The highest BCUT2D eigenvalue weighted by molar-refractivity contribution is 7.99. The van der Waals surface area contributed by atoms with E-state index < -0.39 is 0 Å². The van der Waals surface area contributed by atoms with Crippen molar-refractivity contribution in [2.45, 2.75) is 43.9 Å². The highest BCUT2D eigenvalue weighted by Gasteiger charge is 2.20. The second-order valence-electron chi connectivity index (χ2n) is 5.75. The van der Waals surface area contributed by atoms with Crippen molar-refractivity contribution in [2.24, 2.45) is 0 Å². The van der Waals surface area contributed by atoms with E-state index in [9.17, 15) is 0 Å². The minimum absolute atomic E-state index is 0.399. The van der Waals surface area contributed by atoms with E-state index in [0.29, 0.717) is 19.3 Å². The van der Waals surface area contributed by atoms with Crippen LogP contribution in [0.15, 0.2) is 18.2 Å². The number of ether oxygens (including phenoxy) is 2. The van der Waals surface area contributed by atoms with E-state index in [1.54, 1.807) is 0 Å². The molecule has 0 aromatic heterocycles. The molecule has 1 aromatic carbocycles. The van der Waals surface area contributed by atoms with E-state index >= 15 is 0 Å². The maximum absolute atomic E-state index is 5.71. The van der Waals surface area contributed by atoms with Crippen LogP contribution in [0.3, 0.4) is 0 Å². The van der Waals surface area contributed by atoms with Crippen LogP contribution >= 0.6 is 11.8 Å². The highest BCUT2D eigenvalue weighted by atomic mass is 32.2. The third-order valence-electron chi connectivity index (χ3n) is 4.22. The lowest BCUT2D eigenvalue weighted by molar-refractivity contribution is 0.171. The number of thioether (sulfide) groups is 1. The Morgan fingerprint density at radius 1 is 1.19 bits per heavy atom. The Balaban J connectivity index is 1.67. The van der Waals surface area contributed by atoms with Gasteiger partial charge in [-0.2, -0.15) is 11.8 Å². The Bertz CT molecular complexity index is 460. The van der Waals surface area contributed by atoms with Crippen molar-refractivity contribution in [1.29, 1.82) is 0 Å². The second kappa shape index (κ2) is 7.41. The molecule has 0 spiro atoms. The van der Waals surface area contributed by atoms with Gasteiger partial charge in [-0.15, -0.1) is 0 Å². The van der Waals surface area contributed by atoms with Gasteiger partial charge in [-0.05, 0) is 37.1 Å². The van der Waals surface area contributed by atoms with Gasteiger partial charge < -0.3 is 14.8 Å². The molecule has 116 valence electrons. The largest absolute Gasteiger partial charge is 0.486 e. The summed E-state index contributed by atoms with van der Waals surface area (Å²) in [5.41, 5.74) is 1.31. The van der Waals surface area contributed by atoms with Crippen LogP contribution in [0.4, 0.5) is 0 Å². The molecule has 1 aliphatic carbocycles. The molecule has 0 amide bonds. The fraction of sp³-hybridized carbons (Fsp3) is 0.647. The Hall–Kier alpha value is -0.870. The van der Waals surface area contributed by atoms with Crippen LogP contribution in [-0.2, 0) is 0 Å². The number of benzene rings is 1. The van der Waals surface area contributed by atoms with E-state index in [1.165, 1.54) is 31.2 Å². The molecule has 0 radical (unpaired) electrons. The summed E-state index contributed by atoms with van der Waals surface area (Å²) in [6.45, 7) is 4.47. The molecule has 1 atom stereocenters. The van der Waals surface area contributed by atoms with Gasteiger partial charge in [0.05, 0.1) is 0 Å². The Morgan fingerprint density at radius 2 is 1.95 bits per heavy atom. The van der Waals surface area contributed by atoms with Crippen molar-refractivity contribution >= 4 is 11.8 Å². The summed E-state index contributed by atoms with van der Waals surface area (Å²) in [6, 6.07) is 6.78. The molecule has 1 unspecified atom stereocenters. The third-order valence-corrected chi connectivity index (χ3v) is 5.69. The predicted molar refractivity (Wildman–Crippen MR) is 88.6 cm³/mol. The van der Waals surface area contributed by atoms with E-state index in [2.05, 4.69) is 42.2 Å². The summed E-state index contributed by atoms with van der Waals surface area (Å²) in [7, 11) is 0. The van der Waals surface area contributed by atoms with Crippen molar-refractivity contribution in [3.63, 3.8) is 0 Å². The van der Waals surface area contributed by atoms with Crippen LogP contribution in [0.1, 0.15) is 44.2 Å². The van der Waals surface area contributed by atoms with Crippen molar-refractivity contribution < 1.29 is 9.47 Å². The fourth-order valence-corrected chi connectivity index (χ4v) is 4.53. The number of hydrogen-bond donors (Lipinski definition) is 1. The van der Waals surface area contributed by atoms with Crippen molar-refractivity contribution in [1.82, 2.24) is 5.32 Å². The van der Waals surface area contributed by atoms with Gasteiger partial charge in [0.25, 0.3) is 0 Å². The lowest BCUT2D eigenvalue weighted by atomic mass is 10.1. The molecule has 1 fully saturated rings. The van der Waals surface area contributed by atoms with Crippen LogP contribution in [-0.4, -0.2) is 30.8 Å². The van der Waals surface area contributed by atoms with E-state index in [0.717, 1.165) is 29.0 Å². The number of nitrogens with one attached hydrogen (secondary N) is 1. The molecule has 2 aliphatic rings. The summed E-state index contributed by atoms with van der Waals surface area (Å²) < 4.78 is 11.3. The monoisotopic (exact) mass is 307 g/mol. The average Bonchev–Trinajstić information content (AvgIpc) is 3.04. The SMILES string of the molecule is CCNC(CSC1CCCC1)c1ccc2c(c1)OCCO2. The summed E-state index contributed by atoms with van der Waals surface area (Å²) in [4.78, 5) is 0. The van der Waals surface area contributed by atoms with Gasteiger partial charge in [0.15, 0.2) is 11.5 Å². The van der Waals surface area contributed by atoms with Crippen LogP contribution in [0, 0.1) is 0 Å². The molecule has 1 aliphatic heterocycles. The average molecular weight is 307 g/mol. The van der Waals surface area contributed by atoms with Gasteiger partial charge in [0.1, 0.15) is 13.2 Å². The molecule has 0 saturated heterocycles. The molecule has 1 heterocycles. The molecular formula is C17H25NO2S. The zero-order chi connectivity index (χ0) is 14.5. The first-order chi connectivity index (χ1) is 10.4. The Morgan fingerprint density at radius 3 is 2.71 bits per heavy atom. The molecule has 21 heavy (non-hydrogen) atoms. The Kier molecular flexibility index (Phi) is 5.31. The highest BCUT2D eigenvalue weighted by Crippen LogP contribution is 2.35. The van der Waals surface area contributed by atoms with Crippen LogP contribution in [0.2, 0.25) is 0 Å². The second-order valence-corrected chi connectivity index (χ2v) is 7.09. The lowest BCUT2D eigenvalue weighted by Crippen LogP contribution is -2.24. The van der Waals surface area contributed by atoms with Crippen LogP contribution in [0.5, 0.6) is 11.5 Å². The van der Waals surface area contributed by atoms with E-state index in [-0.39, 0.29) is 0 Å². The molecule has 1 N–H and O–H groups in total. The van der Waals surface area contributed by atoms with E-state index in [1.807, 2.05) is 0 Å². The predicted octanol–water partition coefficient (Wildman–Crippen LogP) is 3.78. The molecule has 4 heteroatoms. The fourth-order valence-electron chi connectivity index (χ4n) is 3.08. The van der Waals surface area contributed by atoms with Gasteiger partial charge in [-0.1, -0.05) is 25.8 Å². The van der Waals surface area contributed by atoms with Crippen LogP contribution < -0.4 is 14.8 Å². The summed E-state index contributed by atoms with van der Waals surface area (Å²) in [5.74, 6) is 2.91. The van der Waals surface area contributed by atoms with Crippen molar-refractivity contribution in [2.75, 3.05) is 25.5 Å². The Labute approximate surface area is 131 Å². The first kappa shape index (κ1) is 15.0.